The molecule has 3 aromatic carbocycles. The summed E-state index contributed by atoms with van der Waals surface area (Å²) in [5.41, 5.74) is 4.11. The van der Waals surface area contributed by atoms with Gasteiger partial charge in [0, 0.05) is 14.7 Å². The largest absolute Gasteiger partial charge is 0.269 e. The fourth-order valence-electron chi connectivity index (χ4n) is 2.19. The van der Waals surface area contributed by atoms with E-state index in [0.29, 0.717) is 0 Å². The fourth-order valence-corrected chi connectivity index (χ4v) is 2.64. The molecule has 0 aliphatic rings. The molecule has 168 valence electrons. The molecule has 6 heteroatoms. The normalized spacial score (nSPS) is 8.60. The van der Waals surface area contributed by atoms with Crippen molar-refractivity contribution in [3.8, 4) is 0 Å². The lowest BCUT2D eigenvalue weighted by atomic mass is 10.2. The average Bonchev–Trinajstić information content (AvgIpc) is 2.71. The molecule has 0 spiro atoms. The minimum atomic E-state index is 0. The molecule has 30 heavy (non-hydrogen) atoms. The third-order valence-corrected chi connectivity index (χ3v) is 4.93. The minimum Gasteiger partial charge on any atom is -0.269 e. The maximum atomic E-state index is 4.17. The van der Waals surface area contributed by atoms with E-state index in [1.807, 2.05) is 36.4 Å². The van der Waals surface area contributed by atoms with Gasteiger partial charge in [0.1, 0.15) is 0 Å². The zero-order chi connectivity index (χ0) is 20.1. The maximum absolute atomic E-state index is 4.17. The van der Waals surface area contributed by atoms with E-state index in [2.05, 4.69) is 95.1 Å². The molecule has 0 amide bonds. The first-order valence-electron chi connectivity index (χ1n) is 9.32. The van der Waals surface area contributed by atoms with Crippen molar-refractivity contribution in [1.82, 2.24) is 0 Å². The van der Waals surface area contributed by atoms with Crippen LogP contribution in [0.4, 0.5) is 14.1 Å². The second-order valence-corrected chi connectivity index (χ2v) is 7.61. The van der Waals surface area contributed by atoms with E-state index in [-0.39, 0.29) is 14.1 Å². The van der Waals surface area contributed by atoms with E-state index in [4.69, 9.17) is 0 Å². The van der Waals surface area contributed by atoms with Crippen molar-refractivity contribution < 1.29 is 14.1 Å². The van der Waals surface area contributed by atoms with E-state index in [1.54, 1.807) is 0 Å². The Morgan fingerprint density at radius 1 is 0.400 bits per heavy atom. The van der Waals surface area contributed by atoms with Crippen molar-refractivity contribution in [3.63, 3.8) is 0 Å². The fraction of sp³-hybridized carbons (Fsp3) is 0.250. The predicted octanol–water partition coefficient (Wildman–Crippen LogP) is 8.07. The van der Waals surface area contributed by atoms with Gasteiger partial charge in [-0.25, -0.2) is 0 Å². The van der Waals surface area contributed by atoms with Crippen LogP contribution >= 0.6 is 37.9 Å². The Balaban J connectivity index is -0.000000347. The van der Waals surface area contributed by atoms with Gasteiger partial charge in [-0.15, -0.1) is 37.9 Å². The molecular formula is C24H33F3S3. The molecule has 0 radical (unpaired) electrons. The molecule has 3 rings (SSSR count). The monoisotopic (exact) mass is 474 g/mol. The van der Waals surface area contributed by atoms with Crippen LogP contribution < -0.4 is 0 Å². The highest BCUT2D eigenvalue weighted by Crippen LogP contribution is 2.08. The summed E-state index contributed by atoms with van der Waals surface area (Å²) in [5.74, 6) is 0. The van der Waals surface area contributed by atoms with Gasteiger partial charge in [0.2, 0.25) is 0 Å². The predicted molar refractivity (Wildman–Crippen MR) is 137 cm³/mol. The Bertz CT molecular complexity index is 651. The van der Waals surface area contributed by atoms with Crippen molar-refractivity contribution in [1.29, 1.82) is 0 Å². The first-order valence-corrected chi connectivity index (χ1v) is 10.7. The van der Waals surface area contributed by atoms with Gasteiger partial charge in [0.05, 0.1) is 0 Å². The Kier molecular flexibility index (Phi) is 21.5. The first-order chi connectivity index (χ1) is 13.0. The highest BCUT2D eigenvalue weighted by molar-refractivity contribution is 7.80. The van der Waals surface area contributed by atoms with Crippen LogP contribution in [-0.2, 0) is 19.3 Å². The van der Waals surface area contributed by atoms with Crippen LogP contribution in [0.2, 0.25) is 0 Å². The zero-order valence-corrected chi connectivity index (χ0v) is 20.3. The van der Waals surface area contributed by atoms with Gasteiger partial charge in [-0.3, -0.25) is 14.1 Å². The van der Waals surface area contributed by atoms with Crippen LogP contribution in [0, 0.1) is 0 Å². The summed E-state index contributed by atoms with van der Waals surface area (Å²) >= 11 is 12.5. The molecule has 0 bridgehead atoms. The summed E-state index contributed by atoms with van der Waals surface area (Å²) in [6.45, 7) is 6.44. The van der Waals surface area contributed by atoms with Gasteiger partial charge in [-0.2, -0.15) is 0 Å². The number of halogens is 3. The lowest BCUT2D eigenvalue weighted by Crippen LogP contribution is -1.76. The van der Waals surface area contributed by atoms with Crippen molar-refractivity contribution in [2.45, 2.75) is 54.7 Å². The van der Waals surface area contributed by atoms with Crippen LogP contribution in [0.3, 0.4) is 0 Å². The van der Waals surface area contributed by atoms with Crippen molar-refractivity contribution >= 4 is 37.9 Å². The number of hydrogen-bond donors (Lipinski definition) is 3. The lowest BCUT2D eigenvalue weighted by Gasteiger charge is -1.93. The quantitative estimate of drug-likeness (QED) is 0.314. The Morgan fingerprint density at radius 2 is 0.567 bits per heavy atom. The van der Waals surface area contributed by atoms with Gasteiger partial charge in [0.15, 0.2) is 0 Å². The molecule has 0 N–H and O–H groups in total. The van der Waals surface area contributed by atoms with Gasteiger partial charge < -0.3 is 0 Å². The van der Waals surface area contributed by atoms with E-state index in [9.17, 15) is 0 Å². The Hall–Kier alpha value is -1.50. The number of aryl methyl sites for hydroxylation is 3. The van der Waals surface area contributed by atoms with Crippen molar-refractivity contribution in [3.05, 3.63) is 89.5 Å². The minimum absolute atomic E-state index is 0. The van der Waals surface area contributed by atoms with Gasteiger partial charge in [-0.1, -0.05) is 57.2 Å². The van der Waals surface area contributed by atoms with Crippen LogP contribution in [0.1, 0.15) is 37.5 Å². The number of benzene rings is 3. The standard InChI is InChI=1S/3C8H10S.3FH/c3*1-2-7-3-5-8(9)6-4-7;;;/h3*3-6,9H,2H2,1H3;3*1H. The third kappa shape index (κ3) is 14.5. The zero-order valence-electron chi connectivity index (χ0n) is 17.6. The number of thiol groups is 3. The Labute approximate surface area is 195 Å². The summed E-state index contributed by atoms with van der Waals surface area (Å²) in [7, 11) is 0. The smallest absolute Gasteiger partial charge is 0.00401 e. The average molecular weight is 475 g/mol. The van der Waals surface area contributed by atoms with Gasteiger partial charge in [0.25, 0.3) is 0 Å². The number of rotatable bonds is 3. The molecule has 0 aliphatic heterocycles. The molecule has 0 saturated carbocycles. The summed E-state index contributed by atoms with van der Waals surface area (Å²) in [6, 6.07) is 24.7. The summed E-state index contributed by atoms with van der Waals surface area (Å²) in [4.78, 5) is 3.10. The molecule has 0 nitrogen and oxygen atoms in total. The highest BCUT2D eigenvalue weighted by Gasteiger charge is 1.87. The van der Waals surface area contributed by atoms with Crippen LogP contribution in [-0.4, -0.2) is 0 Å². The molecule has 3 aromatic rings. The molecule has 0 atom stereocenters. The molecule has 0 saturated heterocycles. The second-order valence-electron chi connectivity index (χ2n) is 6.06. The topological polar surface area (TPSA) is 0 Å². The molecule has 0 heterocycles. The van der Waals surface area contributed by atoms with Crippen LogP contribution in [0.25, 0.3) is 0 Å². The summed E-state index contributed by atoms with van der Waals surface area (Å²) < 4.78 is 0. The number of hydrogen-bond acceptors (Lipinski definition) is 3. The third-order valence-electron chi connectivity index (χ3n) is 4.03. The summed E-state index contributed by atoms with van der Waals surface area (Å²) in [6.07, 6.45) is 3.32. The molecule has 0 unspecified atom stereocenters. The van der Waals surface area contributed by atoms with Gasteiger partial charge in [-0.05, 0) is 72.4 Å². The first kappa shape index (κ1) is 33.1. The van der Waals surface area contributed by atoms with Gasteiger partial charge >= 0.3 is 0 Å². The van der Waals surface area contributed by atoms with Crippen LogP contribution in [0.15, 0.2) is 87.5 Å². The van der Waals surface area contributed by atoms with E-state index in [1.165, 1.54) is 16.7 Å². The molecule has 0 aliphatic carbocycles. The van der Waals surface area contributed by atoms with E-state index >= 15 is 0 Å². The van der Waals surface area contributed by atoms with E-state index < -0.39 is 0 Å². The maximum Gasteiger partial charge on any atom is 0.00401 e. The Morgan fingerprint density at radius 3 is 0.700 bits per heavy atom. The molecule has 0 fully saturated rings. The molecular weight excluding hydrogens is 441 g/mol. The van der Waals surface area contributed by atoms with E-state index in [0.717, 1.165) is 33.9 Å². The van der Waals surface area contributed by atoms with Crippen LogP contribution in [0.5, 0.6) is 0 Å². The SMILES string of the molecule is CCc1ccc(S)cc1.CCc1ccc(S)cc1.CCc1ccc(S)cc1.F.F.F. The molecule has 0 aromatic heterocycles. The highest BCUT2D eigenvalue weighted by atomic mass is 32.1. The lowest BCUT2D eigenvalue weighted by molar-refractivity contribution is 1.11. The van der Waals surface area contributed by atoms with Crippen molar-refractivity contribution in [2.75, 3.05) is 0 Å². The summed E-state index contributed by atoms with van der Waals surface area (Å²) in [5, 5.41) is 0. The van der Waals surface area contributed by atoms with Crippen molar-refractivity contribution in [2.24, 2.45) is 0 Å². The second kappa shape index (κ2) is 19.5.